The molecule has 12 nitrogen and oxygen atoms in total. The molecule has 11 rings (SSSR count). The fourth-order valence-corrected chi connectivity index (χ4v) is 14.6. The topological polar surface area (TPSA) is 111 Å². The van der Waals surface area contributed by atoms with Gasteiger partial charge in [-0.15, -0.1) is 70.2 Å². The molecule has 0 fully saturated rings. The van der Waals surface area contributed by atoms with Gasteiger partial charge in [0.2, 0.25) is 0 Å². The second kappa shape index (κ2) is 14.6. The largest absolute Gasteiger partial charge is 0.489 e. The minimum absolute atomic E-state index is 0.164. The third-order valence-electron chi connectivity index (χ3n) is 10.1. The lowest BCUT2D eigenvalue weighted by atomic mass is 10.1. The molecule has 0 bridgehead atoms. The van der Waals surface area contributed by atoms with E-state index >= 15 is 0 Å². The molecule has 0 saturated heterocycles. The van der Waals surface area contributed by atoms with Crippen molar-refractivity contribution in [2.45, 2.75) is 31.3 Å². The maximum atomic E-state index is 6.47. The van der Waals surface area contributed by atoms with E-state index in [1.165, 1.54) is 11.3 Å². The summed E-state index contributed by atoms with van der Waals surface area (Å²) >= 11 is 13.4. The van der Waals surface area contributed by atoms with E-state index in [0.717, 1.165) is 78.5 Å². The lowest BCUT2D eigenvalue weighted by Gasteiger charge is -2.24. The van der Waals surface area contributed by atoms with E-state index in [9.17, 15) is 0 Å². The molecule has 0 aromatic carbocycles. The Morgan fingerprint density at radius 3 is 1.61 bits per heavy atom. The summed E-state index contributed by atoms with van der Waals surface area (Å²) in [5.74, 6) is 8.52. The summed E-state index contributed by atoms with van der Waals surface area (Å²) in [6.07, 6.45) is 0. The zero-order chi connectivity index (χ0) is 38.4. The maximum Gasteiger partial charge on any atom is 0.181 e. The first-order valence-electron chi connectivity index (χ1n) is 18.6. The van der Waals surface area contributed by atoms with Crippen LogP contribution in [0.25, 0.3) is 9.81 Å². The summed E-state index contributed by atoms with van der Waals surface area (Å²) in [5.41, 5.74) is 0.857. The maximum absolute atomic E-state index is 6.47. The van der Waals surface area contributed by atoms with Crippen molar-refractivity contribution in [1.82, 2.24) is 0 Å². The average Bonchev–Trinajstić information content (AvgIpc) is 4.08. The normalized spacial score (nSPS) is 25.7. The predicted octanol–water partition coefficient (Wildman–Crippen LogP) is 6.97. The summed E-state index contributed by atoms with van der Waals surface area (Å²) in [6, 6.07) is 0. The smallest absolute Gasteiger partial charge is 0.181 e. The Labute approximate surface area is 353 Å². The van der Waals surface area contributed by atoms with Crippen molar-refractivity contribution < 1.29 is 56.8 Å². The van der Waals surface area contributed by atoms with Gasteiger partial charge in [0.25, 0.3) is 0 Å². The van der Waals surface area contributed by atoms with Crippen molar-refractivity contribution in [1.29, 1.82) is 0 Å². The Morgan fingerprint density at radius 1 is 0.491 bits per heavy atom. The van der Waals surface area contributed by atoms with Gasteiger partial charge in [-0.3, -0.25) is 0 Å². The first kappa shape index (κ1) is 36.5. The molecule has 57 heavy (non-hydrogen) atoms. The molecule has 8 aliphatic rings. The van der Waals surface area contributed by atoms with Crippen LogP contribution in [0.3, 0.4) is 0 Å². The SMILES string of the molecule is C/C(C1=C(/C(S)=c2\s/c(=C3/SC(c4sc(C)c5c4OCCO5)C4=C3OCCO4)c3c2OCCO3)OCCO1)=C1/SC(c2sc(C)c3c2OCCO3)C2=C1OCCO2. The van der Waals surface area contributed by atoms with Gasteiger partial charge in [0.15, 0.2) is 69.1 Å². The molecule has 3 aromatic rings. The molecule has 0 amide bonds. The predicted molar refractivity (Wildman–Crippen MR) is 221 cm³/mol. The molecule has 2 unspecified atom stereocenters. The summed E-state index contributed by atoms with van der Waals surface area (Å²) in [4.78, 5) is 6.65. The Bertz CT molecular complexity index is 2470. The van der Waals surface area contributed by atoms with Crippen LogP contribution in [-0.4, -0.2) is 79.3 Å². The minimum Gasteiger partial charge on any atom is -0.489 e. The first-order valence-corrected chi connectivity index (χ1v) is 23.3. The van der Waals surface area contributed by atoms with E-state index in [-0.39, 0.29) is 10.5 Å². The van der Waals surface area contributed by atoms with Gasteiger partial charge in [-0.2, -0.15) is 0 Å². The third kappa shape index (κ3) is 5.90. The molecule has 18 heteroatoms. The van der Waals surface area contributed by atoms with E-state index < -0.39 is 0 Å². The molecular weight excluding hydrogens is 853 g/mol. The Morgan fingerprint density at radius 2 is 0.965 bits per heavy atom. The molecule has 8 aliphatic heterocycles. The highest BCUT2D eigenvalue weighted by Gasteiger charge is 2.45. The van der Waals surface area contributed by atoms with Crippen LogP contribution in [0, 0.1) is 13.8 Å². The van der Waals surface area contributed by atoms with Crippen molar-refractivity contribution in [2.24, 2.45) is 0 Å². The molecule has 0 saturated carbocycles. The molecule has 0 spiro atoms. The van der Waals surface area contributed by atoms with E-state index in [0.29, 0.717) is 119 Å². The summed E-state index contributed by atoms with van der Waals surface area (Å²) in [5, 5.41) is -0.337. The Balaban J connectivity index is 1.04. The number of hydrogen-bond donors (Lipinski definition) is 1. The highest BCUT2D eigenvalue weighted by molar-refractivity contribution is 8.09. The van der Waals surface area contributed by atoms with Gasteiger partial charge >= 0.3 is 0 Å². The van der Waals surface area contributed by atoms with Crippen molar-refractivity contribution in [2.75, 3.05) is 79.3 Å². The first-order chi connectivity index (χ1) is 28.0. The number of fused-ring (bicyclic) bond motifs is 3. The van der Waals surface area contributed by atoms with Crippen LogP contribution in [0.5, 0.6) is 34.5 Å². The van der Waals surface area contributed by atoms with Crippen LogP contribution in [0.1, 0.15) is 36.9 Å². The minimum atomic E-state index is -0.172. The molecule has 0 N–H and O–H groups in total. The monoisotopic (exact) mass is 888 g/mol. The zero-order valence-corrected chi connectivity index (χ0v) is 36.0. The Hall–Kier alpha value is -3.55. The summed E-state index contributed by atoms with van der Waals surface area (Å²) < 4.78 is 77.1. The standard InChI is InChI=1S/C39H36O12S6/c1-16(32-25-27(48-12-10-46-25)36(55-32)34-23-20(17(2)53-34)41-5-8-44-23)19-22(43-7-4-40-19)31(52)33-26-28(49-13-11-47-26)38(56-33)39-30-29(50-14-15-51-30)37(57-39)35-24-21(18(3)54-35)42-6-9-45-24/h36-37,52H,4-15H2,1-3H3/b32-16-,33-31+,39-38+. The molecular formula is C39H36O12S6. The van der Waals surface area contributed by atoms with E-state index in [1.807, 2.05) is 6.92 Å². The van der Waals surface area contributed by atoms with Crippen molar-refractivity contribution in [3.63, 3.8) is 0 Å². The third-order valence-corrected chi connectivity index (χ3v) is 17.3. The van der Waals surface area contributed by atoms with Crippen molar-refractivity contribution >= 4 is 80.0 Å². The van der Waals surface area contributed by atoms with Gasteiger partial charge < -0.3 is 56.8 Å². The van der Waals surface area contributed by atoms with Crippen molar-refractivity contribution in [3.8, 4) is 34.5 Å². The molecule has 2 atom stereocenters. The number of aryl methyl sites for hydroxylation is 2. The van der Waals surface area contributed by atoms with Crippen LogP contribution >= 0.6 is 70.2 Å². The lowest BCUT2D eigenvalue weighted by molar-refractivity contribution is 0.0661. The summed E-state index contributed by atoms with van der Waals surface area (Å²) in [7, 11) is 0. The lowest BCUT2D eigenvalue weighted by Crippen LogP contribution is -2.21. The number of allylic oxidation sites excluding steroid dienone is 1. The van der Waals surface area contributed by atoms with Crippen LogP contribution in [-0.2, 0) is 28.4 Å². The van der Waals surface area contributed by atoms with Crippen LogP contribution in [0.2, 0.25) is 0 Å². The van der Waals surface area contributed by atoms with Gasteiger partial charge in [0.1, 0.15) is 89.8 Å². The average molecular weight is 889 g/mol. The highest BCUT2D eigenvalue weighted by atomic mass is 32.2. The number of rotatable bonds is 4. The quantitative estimate of drug-likeness (QED) is 0.272. The molecule has 11 heterocycles. The molecule has 3 aromatic heterocycles. The van der Waals surface area contributed by atoms with Gasteiger partial charge in [-0.25, -0.2) is 0 Å². The van der Waals surface area contributed by atoms with Crippen LogP contribution in [0.15, 0.2) is 45.0 Å². The Kier molecular flexibility index (Phi) is 9.37. The fourth-order valence-electron chi connectivity index (χ4n) is 7.74. The fraction of sp³-hybridized carbons (Fsp3) is 0.436. The number of thioether (sulfide) groups is 2. The van der Waals surface area contributed by atoms with Crippen molar-refractivity contribution in [3.05, 3.63) is 73.6 Å². The van der Waals surface area contributed by atoms with Gasteiger partial charge in [-0.05, 0) is 20.8 Å². The van der Waals surface area contributed by atoms with E-state index in [2.05, 4.69) is 13.8 Å². The van der Waals surface area contributed by atoms with Crippen LogP contribution < -0.4 is 37.5 Å². The summed E-state index contributed by atoms with van der Waals surface area (Å²) in [6.45, 7) is 11.6. The van der Waals surface area contributed by atoms with Gasteiger partial charge in [0.05, 0.1) is 33.5 Å². The number of ether oxygens (including phenoxy) is 12. The second-order valence-corrected chi connectivity index (χ2v) is 19.8. The number of thiophene rings is 3. The van der Waals surface area contributed by atoms with Gasteiger partial charge in [0, 0.05) is 15.3 Å². The second-order valence-electron chi connectivity index (χ2n) is 13.6. The van der Waals surface area contributed by atoms with Gasteiger partial charge in [-0.1, -0.05) is 0 Å². The highest BCUT2D eigenvalue weighted by Crippen LogP contribution is 2.62. The molecule has 0 aliphatic carbocycles. The molecule has 300 valence electrons. The van der Waals surface area contributed by atoms with Crippen LogP contribution in [0.4, 0.5) is 0 Å². The molecule has 0 radical (unpaired) electrons. The van der Waals surface area contributed by atoms with E-state index in [4.69, 9.17) is 69.5 Å². The van der Waals surface area contributed by atoms with E-state index in [1.54, 1.807) is 46.2 Å². The number of thiol groups is 1. The zero-order valence-electron chi connectivity index (χ0n) is 31.0. The number of hydrogen-bond acceptors (Lipinski definition) is 18.